The zero-order valence-corrected chi connectivity index (χ0v) is 7.46. The Morgan fingerprint density at radius 1 is 1.40 bits per heavy atom. The molecule has 0 unspecified atom stereocenters. The summed E-state index contributed by atoms with van der Waals surface area (Å²) in [5.41, 5.74) is 0.237. The van der Waals surface area contributed by atoms with Crippen molar-refractivity contribution in [3.8, 4) is 0 Å². The molecular weight excluding hydrogens is 206 g/mol. The van der Waals surface area contributed by atoms with Crippen LogP contribution in [0.2, 0.25) is 0 Å². The maximum Gasteiger partial charge on any atom is 0.438 e. The van der Waals surface area contributed by atoms with Gasteiger partial charge in [-0.15, -0.1) is 0 Å². The Labute approximate surface area is 82.5 Å². The highest BCUT2D eigenvalue weighted by Crippen LogP contribution is 2.11. The van der Waals surface area contributed by atoms with E-state index in [1.54, 1.807) is 0 Å². The molecule has 0 aliphatic heterocycles. The van der Waals surface area contributed by atoms with Crippen LogP contribution < -0.4 is 5.76 Å². The lowest BCUT2D eigenvalue weighted by Gasteiger charge is -1.99. The summed E-state index contributed by atoms with van der Waals surface area (Å²) in [5, 5.41) is 3.37. The predicted octanol–water partition coefficient (Wildman–Crippen LogP) is 1.23. The summed E-state index contributed by atoms with van der Waals surface area (Å²) in [4.78, 5) is 12.9. The lowest BCUT2D eigenvalue weighted by atomic mass is 10.1. The van der Waals surface area contributed by atoms with Gasteiger partial charge in [0.05, 0.1) is 0 Å². The molecule has 0 amide bonds. The average molecular weight is 212 g/mol. The van der Waals surface area contributed by atoms with Crippen LogP contribution in [0.25, 0.3) is 0 Å². The molecule has 1 aromatic heterocycles. The fourth-order valence-corrected chi connectivity index (χ4v) is 1.18. The molecule has 2 aromatic rings. The van der Waals surface area contributed by atoms with E-state index < -0.39 is 17.4 Å². The zero-order valence-electron chi connectivity index (χ0n) is 7.46. The molecule has 0 saturated heterocycles. The lowest BCUT2D eigenvalue weighted by molar-refractivity contribution is 0.382. The van der Waals surface area contributed by atoms with Crippen LogP contribution in [-0.4, -0.2) is 10.1 Å². The number of hydrogen-bond donors (Lipinski definition) is 1. The van der Waals surface area contributed by atoms with Crippen LogP contribution in [0.1, 0.15) is 11.4 Å². The Hall–Kier alpha value is -1.98. The number of hydrogen-bond acceptors (Lipinski definition) is 3. The molecule has 1 aromatic carbocycles. The van der Waals surface area contributed by atoms with Crippen LogP contribution in [0.4, 0.5) is 8.78 Å². The molecule has 1 heterocycles. The minimum absolute atomic E-state index is 0.0534. The minimum atomic E-state index is -0.701. The van der Waals surface area contributed by atoms with Gasteiger partial charge in [0.1, 0.15) is 11.6 Å². The van der Waals surface area contributed by atoms with Crippen molar-refractivity contribution in [2.24, 2.45) is 0 Å². The molecule has 0 saturated carbocycles. The van der Waals surface area contributed by atoms with Gasteiger partial charge in [-0.3, -0.25) is 9.51 Å². The number of nitrogens with zero attached hydrogens (tertiary/aromatic N) is 1. The summed E-state index contributed by atoms with van der Waals surface area (Å²) in [5.74, 6) is -1.83. The quantitative estimate of drug-likeness (QED) is 0.814. The van der Waals surface area contributed by atoms with Crippen molar-refractivity contribution >= 4 is 0 Å². The van der Waals surface area contributed by atoms with Crippen molar-refractivity contribution in [1.29, 1.82) is 0 Å². The summed E-state index contributed by atoms with van der Waals surface area (Å²) in [6, 6.07) is 3.20. The van der Waals surface area contributed by atoms with Crippen LogP contribution in [0.3, 0.4) is 0 Å². The molecule has 0 fully saturated rings. The van der Waals surface area contributed by atoms with Crippen molar-refractivity contribution in [3.63, 3.8) is 0 Å². The number of nitrogens with one attached hydrogen (secondary N) is 1. The first kappa shape index (κ1) is 9.57. The van der Waals surface area contributed by atoms with E-state index >= 15 is 0 Å². The Kier molecular flexibility index (Phi) is 2.32. The first-order chi connectivity index (χ1) is 7.15. The van der Waals surface area contributed by atoms with Crippen LogP contribution in [-0.2, 0) is 6.42 Å². The first-order valence-corrected chi connectivity index (χ1v) is 4.14. The standard InChI is InChI=1S/C9H6F2N2O2/c10-6-2-1-5(7(11)4-6)3-8-12-9(14)15-13-8/h1-2,4H,3H2,(H,12,13,14). The highest BCUT2D eigenvalue weighted by atomic mass is 19.1. The van der Waals surface area contributed by atoms with Crippen molar-refractivity contribution in [1.82, 2.24) is 10.1 Å². The van der Waals surface area contributed by atoms with E-state index in [9.17, 15) is 13.6 Å². The molecule has 0 spiro atoms. The third-order valence-electron chi connectivity index (χ3n) is 1.86. The van der Waals surface area contributed by atoms with Gasteiger partial charge in [-0.2, -0.15) is 0 Å². The van der Waals surface area contributed by atoms with Gasteiger partial charge in [-0.1, -0.05) is 11.2 Å². The number of rotatable bonds is 2. The van der Waals surface area contributed by atoms with E-state index in [1.807, 2.05) is 0 Å². The highest BCUT2D eigenvalue weighted by molar-refractivity contribution is 5.21. The van der Waals surface area contributed by atoms with E-state index in [2.05, 4.69) is 14.7 Å². The molecule has 0 bridgehead atoms. The molecule has 1 N–H and O–H groups in total. The molecule has 15 heavy (non-hydrogen) atoms. The van der Waals surface area contributed by atoms with Crippen molar-refractivity contribution in [2.75, 3.05) is 0 Å². The van der Waals surface area contributed by atoms with Crippen LogP contribution in [0, 0.1) is 11.6 Å². The smallest absolute Gasteiger partial charge is 0.296 e. The van der Waals surface area contributed by atoms with Gasteiger partial charge in [0.15, 0.2) is 5.82 Å². The number of H-pyrrole nitrogens is 1. The van der Waals surface area contributed by atoms with Crippen molar-refractivity contribution in [3.05, 3.63) is 51.8 Å². The second-order valence-electron chi connectivity index (χ2n) is 2.95. The van der Waals surface area contributed by atoms with Gasteiger partial charge >= 0.3 is 5.76 Å². The van der Waals surface area contributed by atoms with Gasteiger partial charge in [0, 0.05) is 12.5 Å². The number of benzene rings is 1. The molecule has 4 nitrogen and oxygen atoms in total. The SMILES string of the molecule is O=c1[nH]c(Cc2ccc(F)cc2F)no1. The second kappa shape index (κ2) is 3.64. The number of aromatic nitrogens is 2. The van der Waals surface area contributed by atoms with Gasteiger partial charge < -0.3 is 0 Å². The van der Waals surface area contributed by atoms with Gasteiger partial charge in [0.25, 0.3) is 0 Å². The maximum atomic E-state index is 13.2. The van der Waals surface area contributed by atoms with Crippen LogP contribution in [0.5, 0.6) is 0 Å². The topological polar surface area (TPSA) is 58.9 Å². The van der Waals surface area contributed by atoms with Gasteiger partial charge in [-0.05, 0) is 11.6 Å². The Morgan fingerprint density at radius 3 is 2.80 bits per heavy atom. The Bertz CT molecular complexity index is 533. The Balaban J connectivity index is 2.28. The molecule has 2 rings (SSSR count). The summed E-state index contributed by atoms with van der Waals surface area (Å²) in [6.45, 7) is 0. The summed E-state index contributed by atoms with van der Waals surface area (Å²) >= 11 is 0. The van der Waals surface area contributed by atoms with Crippen LogP contribution >= 0.6 is 0 Å². The van der Waals surface area contributed by atoms with E-state index in [-0.39, 0.29) is 17.8 Å². The largest absolute Gasteiger partial charge is 0.438 e. The fourth-order valence-electron chi connectivity index (χ4n) is 1.18. The molecule has 0 aliphatic rings. The summed E-state index contributed by atoms with van der Waals surface area (Å²) in [7, 11) is 0. The molecule has 0 aliphatic carbocycles. The molecule has 0 atom stereocenters. The fraction of sp³-hybridized carbons (Fsp3) is 0.111. The first-order valence-electron chi connectivity index (χ1n) is 4.14. The highest BCUT2D eigenvalue weighted by Gasteiger charge is 2.07. The average Bonchev–Trinajstić information content (AvgIpc) is 2.56. The van der Waals surface area contributed by atoms with E-state index in [0.717, 1.165) is 12.1 Å². The van der Waals surface area contributed by atoms with Crippen molar-refractivity contribution < 1.29 is 13.3 Å². The predicted molar refractivity (Wildman–Crippen MR) is 46.3 cm³/mol. The number of aromatic amines is 1. The van der Waals surface area contributed by atoms with E-state index in [0.29, 0.717) is 0 Å². The molecule has 6 heteroatoms. The normalized spacial score (nSPS) is 10.5. The van der Waals surface area contributed by atoms with Gasteiger partial charge in [0.2, 0.25) is 0 Å². The minimum Gasteiger partial charge on any atom is -0.296 e. The Morgan fingerprint density at radius 2 is 2.20 bits per heavy atom. The maximum absolute atomic E-state index is 13.2. The summed E-state index contributed by atoms with van der Waals surface area (Å²) < 4.78 is 30.0. The molecular formula is C9H6F2N2O2. The van der Waals surface area contributed by atoms with Crippen molar-refractivity contribution in [2.45, 2.75) is 6.42 Å². The van der Waals surface area contributed by atoms with E-state index in [1.165, 1.54) is 6.07 Å². The van der Waals surface area contributed by atoms with E-state index in [4.69, 9.17) is 0 Å². The zero-order chi connectivity index (χ0) is 10.8. The number of halogens is 2. The van der Waals surface area contributed by atoms with Crippen LogP contribution in [0.15, 0.2) is 27.5 Å². The lowest BCUT2D eigenvalue weighted by Crippen LogP contribution is -1.99. The summed E-state index contributed by atoms with van der Waals surface area (Å²) in [6.07, 6.45) is 0.0534. The second-order valence-corrected chi connectivity index (χ2v) is 2.95. The third-order valence-corrected chi connectivity index (χ3v) is 1.86. The monoisotopic (exact) mass is 212 g/mol. The van der Waals surface area contributed by atoms with Gasteiger partial charge in [-0.25, -0.2) is 13.6 Å². The third kappa shape index (κ3) is 2.09. The molecule has 78 valence electrons. The molecule has 0 radical (unpaired) electrons.